The summed E-state index contributed by atoms with van der Waals surface area (Å²) in [6.07, 6.45) is 3.03. The summed E-state index contributed by atoms with van der Waals surface area (Å²) in [6.45, 7) is 0. The Hall–Kier alpha value is -2.42. The summed E-state index contributed by atoms with van der Waals surface area (Å²) in [7, 11) is 1.15. The molecule has 1 atom stereocenters. The molecule has 9 heteroatoms. The zero-order chi connectivity index (χ0) is 15.4. The van der Waals surface area contributed by atoms with E-state index >= 15 is 0 Å². The first-order valence-electron chi connectivity index (χ1n) is 5.99. The highest BCUT2D eigenvalue weighted by Crippen LogP contribution is 2.11. The van der Waals surface area contributed by atoms with Crippen LogP contribution in [0, 0.1) is 0 Å². The van der Waals surface area contributed by atoms with Crippen LogP contribution in [0.4, 0.5) is 0 Å². The lowest BCUT2D eigenvalue weighted by Crippen LogP contribution is -2.43. The third kappa shape index (κ3) is 3.78. The van der Waals surface area contributed by atoms with E-state index < -0.39 is 30.3 Å². The Morgan fingerprint density at radius 3 is 2.90 bits per heavy atom. The van der Waals surface area contributed by atoms with Crippen LogP contribution in [0.3, 0.4) is 0 Å². The molecule has 8 nitrogen and oxygen atoms in total. The van der Waals surface area contributed by atoms with Crippen LogP contribution >= 0.6 is 11.3 Å². The van der Waals surface area contributed by atoms with Crippen molar-refractivity contribution in [3.05, 3.63) is 23.5 Å². The summed E-state index contributed by atoms with van der Waals surface area (Å²) in [5.41, 5.74) is 0.529. The number of carbonyl (C=O) groups excluding carboxylic acids is 2. The van der Waals surface area contributed by atoms with Gasteiger partial charge >= 0.3 is 11.9 Å². The maximum atomic E-state index is 11.8. The smallest absolute Gasteiger partial charge is 0.326 e. The summed E-state index contributed by atoms with van der Waals surface area (Å²) in [5, 5.41) is 13.1. The number of esters is 1. The molecule has 0 saturated heterocycles. The number of methoxy groups -OCH3 is 1. The van der Waals surface area contributed by atoms with Gasteiger partial charge in [0.25, 0.3) is 0 Å². The van der Waals surface area contributed by atoms with Crippen molar-refractivity contribution >= 4 is 34.1 Å². The Morgan fingerprint density at radius 1 is 1.52 bits per heavy atom. The molecular formula is C12H13N3O5S. The Balaban J connectivity index is 1.96. The van der Waals surface area contributed by atoms with Gasteiger partial charge in [0, 0.05) is 17.8 Å². The van der Waals surface area contributed by atoms with Crippen LogP contribution in [0.15, 0.2) is 17.8 Å². The maximum absolute atomic E-state index is 11.8. The molecule has 0 radical (unpaired) electrons. The molecule has 0 saturated carbocycles. The van der Waals surface area contributed by atoms with Gasteiger partial charge in [-0.05, 0) is 0 Å². The van der Waals surface area contributed by atoms with Gasteiger partial charge in [-0.3, -0.25) is 14.0 Å². The average Bonchev–Trinajstić information content (AvgIpc) is 2.98. The van der Waals surface area contributed by atoms with Crippen LogP contribution in [0.1, 0.15) is 12.1 Å². The highest BCUT2D eigenvalue weighted by atomic mass is 32.1. The quantitative estimate of drug-likeness (QED) is 0.731. The van der Waals surface area contributed by atoms with Gasteiger partial charge in [0.15, 0.2) is 4.96 Å². The monoisotopic (exact) mass is 311 g/mol. The Bertz CT molecular complexity index is 649. The van der Waals surface area contributed by atoms with Gasteiger partial charge in [-0.2, -0.15) is 0 Å². The van der Waals surface area contributed by atoms with Crippen LogP contribution in [-0.2, 0) is 25.5 Å². The first kappa shape index (κ1) is 15.0. The molecule has 0 fully saturated rings. The molecule has 0 aromatic carbocycles. The number of rotatable bonds is 6. The number of hydrogen-bond acceptors (Lipinski definition) is 6. The number of hydrogen-bond donors (Lipinski definition) is 2. The second-order valence-corrected chi connectivity index (χ2v) is 5.11. The van der Waals surface area contributed by atoms with Crippen LogP contribution in [0.25, 0.3) is 4.96 Å². The summed E-state index contributed by atoms with van der Waals surface area (Å²) in [4.78, 5) is 38.9. The highest BCUT2D eigenvalue weighted by Gasteiger charge is 2.24. The number of nitrogens with zero attached hydrogens (tertiary/aromatic N) is 2. The predicted molar refractivity (Wildman–Crippen MR) is 73.0 cm³/mol. The lowest BCUT2D eigenvalue weighted by Gasteiger charge is -2.12. The molecule has 0 aliphatic rings. The van der Waals surface area contributed by atoms with E-state index in [1.807, 2.05) is 11.6 Å². The van der Waals surface area contributed by atoms with E-state index in [9.17, 15) is 14.4 Å². The van der Waals surface area contributed by atoms with Crippen molar-refractivity contribution in [3.8, 4) is 0 Å². The molecule has 0 aliphatic carbocycles. The molecular weight excluding hydrogens is 298 g/mol. The minimum atomic E-state index is -1.31. The summed E-state index contributed by atoms with van der Waals surface area (Å²) in [5.74, 6) is -2.51. The van der Waals surface area contributed by atoms with E-state index in [-0.39, 0.29) is 6.42 Å². The van der Waals surface area contributed by atoms with Crippen molar-refractivity contribution < 1.29 is 24.2 Å². The highest BCUT2D eigenvalue weighted by molar-refractivity contribution is 7.15. The van der Waals surface area contributed by atoms with Crippen molar-refractivity contribution in [2.24, 2.45) is 0 Å². The molecule has 2 rings (SSSR count). The fourth-order valence-corrected chi connectivity index (χ4v) is 2.44. The number of ether oxygens (including phenoxy) is 1. The SMILES string of the molecule is COC(=O)C[C@H](NC(=O)Cc1cn2ccsc2n1)C(=O)O. The largest absolute Gasteiger partial charge is 0.480 e. The minimum Gasteiger partial charge on any atom is -0.480 e. The number of aromatic nitrogens is 2. The minimum absolute atomic E-state index is 0.0562. The molecule has 0 aliphatic heterocycles. The molecule has 0 spiro atoms. The third-order valence-corrected chi connectivity index (χ3v) is 3.49. The van der Waals surface area contributed by atoms with Gasteiger partial charge < -0.3 is 15.2 Å². The standard InChI is InChI=1S/C12H13N3O5S/c1-20-10(17)5-8(11(18)19)14-9(16)4-7-6-15-2-3-21-12(15)13-7/h2-3,6,8H,4-5H2,1H3,(H,14,16)(H,18,19)/t8-/m0/s1. The zero-order valence-electron chi connectivity index (χ0n) is 11.1. The second kappa shape index (κ2) is 6.35. The van der Waals surface area contributed by atoms with E-state index in [1.165, 1.54) is 11.3 Å². The molecule has 0 bridgehead atoms. The van der Waals surface area contributed by atoms with E-state index in [0.29, 0.717) is 5.69 Å². The van der Waals surface area contributed by atoms with Crippen LogP contribution in [0.2, 0.25) is 0 Å². The van der Waals surface area contributed by atoms with Gasteiger partial charge in [-0.1, -0.05) is 0 Å². The van der Waals surface area contributed by atoms with Gasteiger partial charge in [0.1, 0.15) is 6.04 Å². The van der Waals surface area contributed by atoms with Crippen molar-refractivity contribution in [1.29, 1.82) is 0 Å². The van der Waals surface area contributed by atoms with Crippen LogP contribution in [0.5, 0.6) is 0 Å². The molecule has 2 aromatic rings. The lowest BCUT2D eigenvalue weighted by molar-refractivity contribution is -0.148. The topological polar surface area (TPSA) is 110 Å². The Morgan fingerprint density at radius 2 is 2.29 bits per heavy atom. The predicted octanol–water partition coefficient (Wildman–Crippen LogP) is 0.0708. The normalized spacial score (nSPS) is 12.0. The molecule has 1 amide bonds. The fourth-order valence-electron chi connectivity index (χ4n) is 1.72. The number of carboxylic acid groups (broad SMARTS) is 1. The van der Waals surface area contributed by atoms with Gasteiger partial charge in [-0.15, -0.1) is 11.3 Å². The maximum Gasteiger partial charge on any atom is 0.326 e. The Labute approximate surface area is 123 Å². The zero-order valence-corrected chi connectivity index (χ0v) is 11.9. The van der Waals surface area contributed by atoms with Crippen molar-refractivity contribution in [2.45, 2.75) is 18.9 Å². The summed E-state index contributed by atoms with van der Waals surface area (Å²) in [6, 6.07) is -1.31. The van der Waals surface area contributed by atoms with Gasteiger partial charge in [0.05, 0.1) is 25.6 Å². The number of thiazole rings is 1. The average molecular weight is 311 g/mol. The van der Waals surface area contributed by atoms with Gasteiger partial charge in [0.2, 0.25) is 5.91 Å². The number of nitrogens with one attached hydrogen (secondary N) is 1. The first-order valence-corrected chi connectivity index (χ1v) is 6.87. The number of imidazole rings is 1. The molecule has 2 heterocycles. The number of carbonyl (C=O) groups is 3. The molecule has 2 N–H and O–H groups in total. The summed E-state index contributed by atoms with van der Waals surface area (Å²) >= 11 is 1.43. The van der Waals surface area contributed by atoms with E-state index in [1.54, 1.807) is 10.6 Å². The van der Waals surface area contributed by atoms with E-state index in [0.717, 1.165) is 12.1 Å². The number of fused-ring (bicyclic) bond motifs is 1. The van der Waals surface area contributed by atoms with Crippen molar-refractivity contribution in [3.63, 3.8) is 0 Å². The van der Waals surface area contributed by atoms with Gasteiger partial charge in [-0.25, -0.2) is 9.78 Å². The van der Waals surface area contributed by atoms with Crippen LogP contribution in [-0.4, -0.2) is 45.5 Å². The molecule has 2 aromatic heterocycles. The first-order chi connectivity index (χ1) is 9.99. The second-order valence-electron chi connectivity index (χ2n) is 4.24. The third-order valence-electron chi connectivity index (χ3n) is 2.72. The Kier molecular flexibility index (Phi) is 4.53. The molecule has 0 unspecified atom stereocenters. The number of aliphatic carboxylic acids is 1. The number of amides is 1. The summed E-state index contributed by atoms with van der Waals surface area (Å²) < 4.78 is 6.17. The molecule has 21 heavy (non-hydrogen) atoms. The number of carboxylic acids is 1. The van der Waals surface area contributed by atoms with Crippen molar-refractivity contribution in [1.82, 2.24) is 14.7 Å². The lowest BCUT2D eigenvalue weighted by atomic mass is 10.2. The molecule has 112 valence electrons. The van der Waals surface area contributed by atoms with Crippen LogP contribution < -0.4 is 5.32 Å². The van der Waals surface area contributed by atoms with E-state index in [4.69, 9.17) is 5.11 Å². The fraction of sp³-hybridized carbons (Fsp3) is 0.333. The van der Waals surface area contributed by atoms with Crippen molar-refractivity contribution in [2.75, 3.05) is 7.11 Å². The van der Waals surface area contributed by atoms with E-state index in [2.05, 4.69) is 15.0 Å².